The molecule has 0 radical (unpaired) electrons. The van der Waals surface area contributed by atoms with Gasteiger partial charge in [-0.15, -0.1) is 6.58 Å². The molecule has 1 saturated heterocycles. The van der Waals surface area contributed by atoms with E-state index in [-0.39, 0.29) is 19.2 Å². The zero-order valence-corrected chi connectivity index (χ0v) is 21.9. The highest BCUT2D eigenvalue weighted by Gasteiger charge is 2.31. The largest absolute Gasteiger partial charge is 0.490 e. The summed E-state index contributed by atoms with van der Waals surface area (Å²) in [5, 5.41) is 4.86. The van der Waals surface area contributed by atoms with Crippen molar-refractivity contribution >= 4 is 26.6 Å². The third-order valence-electron chi connectivity index (χ3n) is 6.54. The highest BCUT2D eigenvalue weighted by atomic mass is 32.2. The lowest BCUT2D eigenvalue weighted by molar-refractivity contribution is 0.147. The predicted octanol–water partition coefficient (Wildman–Crippen LogP) is 4.66. The number of fused-ring (bicyclic) bond motifs is 1. The normalized spacial score (nSPS) is 17.6. The van der Waals surface area contributed by atoms with Crippen molar-refractivity contribution in [2.75, 3.05) is 37.8 Å². The summed E-state index contributed by atoms with van der Waals surface area (Å²) in [6.45, 7) is 8.32. The van der Waals surface area contributed by atoms with Crippen LogP contribution in [0.5, 0.6) is 5.75 Å². The van der Waals surface area contributed by atoms with Crippen molar-refractivity contribution in [1.29, 1.82) is 0 Å². The van der Waals surface area contributed by atoms with E-state index in [4.69, 9.17) is 9.72 Å². The molecule has 2 aromatic carbocycles. The van der Waals surface area contributed by atoms with Crippen LogP contribution >= 0.6 is 0 Å². The molecule has 2 atom stereocenters. The van der Waals surface area contributed by atoms with Gasteiger partial charge < -0.3 is 10.1 Å². The number of anilines is 1. The van der Waals surface area contributed by atoms with Crippen molar-refractivity contribution < 1.29 is 13.2 Å². The lowest BCUT2D eigenvalue weighted by Crippen LogP contribution is -2.45. The summed E-state index contributed by atoms with van der Waals surface area (Å²) < 4.78 is 31.1. The Morgan fingerprint density at radius 2 is 2.00 bits per heavy atom. The molecule has 0 bridgehead atoms. The van der Waals surface area contributed by atoms with Crippen LogP contribution in [0, 0.1) is 6.92 Å². The van der Waals surface area contributed by atoms with Crippen LogP contribution in [0.25, 0.3) is 10.9 Å². The molecule has 192 valence electrons. The summed E-state index contributed by atoms with van der Waals surface area (Å²) in [4.78, 5) is 7.30. The van der Waals surface area contributed by atoms with Crippen molar-refractivity contribution in [3.63, 3.8) is 0 Å². The Hall–Kier alpha value is -2.94. The summed E-state index contributed by atoms with van der Waals surface area (Å²) in [5.74, 6) is 0.636. The van der Waals surface area contributed by atoms with Crippen LogP contribution in [0.3, 0.4) is 0 Å². The van der Waals surface area contributed by atoms with Crippen LogP contribution < -0.4 is 14.8 Å². The van der Waals surface area contributed by atoms with Gasteiger partial charge in [-0.2, -0.15) is 0 Å². The van der Waals surface area contributed by atoms with Gasteiger partial charge in [-0.05, 0) is 44.0 Å². The first-order valence-corrected chi connectivity index (χ1v) is 14.4. The quantitative estimate of drug-likeness (QED) is 0.289. The number of nitrogens with one attached hydrogen (secondary N) is 2. The fraction of sp³-hybridized carbons (Fsp3) is 0.393. The molecule has 1 aromatic heterocycles. The average Bonchev–Trinajstić information content (AvgIpc) is 2.86. The molecule has 0 spiro atoms. The first-order valence-electron chi connectivity index (χ1n) is 12.5. The number of pyridine rings is 1. The molecule has 2 N–H and O–H groups in total. The molecule has 1 aliphatic heterocycles. The average molecular weight is 509 g/mol. The van der Waals surface area contributed by atoms with E-state index in [1.807, 2.05) is 25.1 Å². The maximum atomic E-state index is 11.4. The van der Waals surface area contributed by atoms with Gasteiger partial charge in [-0.25, -0.2) is 18.1 Å². The Bertz CT molecular complexity index is 1280. The Kier molecular flexibility index (Phi) is 8.61. The van der Waals surface area contributed by atoms with Gasteiger partial charge >= 0.3 is 0 Å². The molecule has 0 aliphatic carbocycles. The summed E-state index contributed by atoms with van der Waals surface area (Å²) in [6, 6.07) is 19.0. The molecular formula is C28H36N4O3S. The molecule has 7 nitrogen and oxygen atoms in total. The van der Waals surface area contributed by atoms with Crippen LogP contribution in [-0.2, 0) is 10.0 Å². The fourth-order valence-corrected chi connectivity index (χ4v) is 5.44. The number of hydrogen-bond donors (Lipinski definition) is 2. The smallest absolute Gasteiger partial charge is 0.208 e. The van der Waals surface area contributed by atoms with Crippen molar-refractivity contribution in [2.24, 2.45) is 0 Å². The number of sulfonamides is 1. The Balaban J connectivity index is 1.67. The number of nitrogens with zero attached hydrogens (tertiary/aromatic N) is 2. The summed E-state index contributed by atoms with van der Waals surface area (Å²) in [5.41, 5.74) is 3.90. The minimum absolute atomic E-state index is 0.0972. The van der Waals surface area contributed by atoms with Gasteiger partial charge in [-0.1, -0.05) is 55.0 Å². The van der Waals surface area contributed by atoms with Gasteiger partial charge in [-0.3, -0.25) is 4.90 Å². The lowest BCUT2D eigenvalue weighted by atomic mass is 9.90. The van der Waals surface area contributed by atoms with E-state index in [0.29, 0.717) is 11.8 Å². The minimum Gasteiger partial charge on any atom is -0.490 e. The maximum absolute atomic E-state index is 11.4. The summed E-state index contributed by atoms with van der Waals surface area (Å²) in [6.07, 6.45) is 6.66. The topological polar surface area (TPSA) is 83.6 Å². The van der Waals surface area contributed by atoms with E-state index in [9.17, 15) is 8.42 Å². The van der Waals surface area contributed by atoms with E-state index < -0.39 is 10.0 Å². The van der Waals surface area contributed by atoms with Gasteiger partial charge in [0.05, 0.1) is 12.3 Å². The third kappa shape index (κ3) is 6.63. The number of rotatable bonds is 11. The molecule has 36 heavy (non-hydrogen) atoms. The van der Waals surface area contributed by atoms with E-state index in [0.717, 1.165) is 48.1 Å². The molecule has 0 saturated carbocycles. The van der Waals surface area contributed by atoms with Gasteiger partial charge in [0.15, 0.2) is 0 Å². The van der Waals surface area contributed by atoms with Gasteiger partial charge in [0.1, 0.15) is 17.9 Å². The number of benzene rings is 2. The van der Waals surface area contributed by atoms with Gasteiger partial charge in [0.2, 0.25) is 10.0 Å². The maximum Gasteiger partial charge on any atom is 0.208 e. The third-order valence-corrected chi connectivity index (χ3v) is 7.27. The fourth-order valence-electron chi connectivity index (χ4n) is 4.99. The Morgan fingerprint density at radius 1 is 1.19 bits per heavy atom. The molecule has 2 heterocycles. The minimum atomic E-state index is -3.26. The first kappa shape index (κ1) is 26.1. The zero-order chi connectivity index (χ0) is 25.5. The number of hydrogen-bond acceptors (Lipinski definition) is 6. The molecule has 0 amide bonds. The standard InChI is InChI=1S/C28H36N4O3S/c1-4-17-32-18-9-8-14-25(32)27(22-11-6-5-7-12-22)31-24-20-21(2)30-28-23(24)13-10-15-26(28)35-19-16-29-36(3,33)34/h4-7,10-13,15,20,25,27,29H,1,8-9,14,16-19H2,2-3H3,(H,30,31)/t25-,27?/m0/s1. The molecule has 8 heteroatoms. The van der Waals surface area contributed by atoms with Crippen molar-refractivity contribution in [3.8, 4) is 5.75 Å². The number of para-hydroxylation sites is 1. The second-order valence-corrected chi connectivity index (χ2v) is 11.2. The number of likely N-dealkylation sites (tertiary alicyclic amines) is 1. The lowest BCUT2D eigenvalue weighted by Gasteiger charge is -2.41. The molecule has 3 aromatic rings. The number of aromatic nitrogens is 1. The SMILES string of the molecule is C=CCN1CCCC[C@H]1C(Nc1cc(C)nc2c(OCCNS(C)(=O)=O)cccc12)c1ccccc1. The van der Waals surface area contributed by atoms with Crippen LogP contribution in [0.4, 0.5) is 5.69 Å². The van der Waals surface area contributed by atoms with Crippen LogP contribution in [0.1, 0.15) is 36.6 Å². The molecule has 1 aliphatic rings. The second kappa shape index (κ2) is 11.9. The van der Waals surface area contributed by atoms with Crippen LogP contribution in [0.2, 0.25) is 0 Å². The first-order chi connectivity index (χ1) is 17.4. The predicted molar refractivity (Wildman–Crippen MR) is 147 cm³/mol. The molecule has 1 unspecified atom stereocenters. The molecule has 1 fully saturated rings. The Morgan fingerprint density at radius 3 is 2.75 bits per heavy atom. The summed E-state index contributed by atoms with van der Waals surface area (Å²) >= 11 is 0. The van der Waals surface area contributed by atoms with Gasteiger partial charge in [0.25, 0.3) is 0 Å². The molecular weight excluding hydrogens is 472 g/mol. The van der Waals surface area contributed by atoms with E-state index in [1.54, 1.807) is 0 Å². The number of piperidine rings is 1. The van der Waals surface area contributed by atoms with Crippen molar-refractivity contribution in [2.45, 2.75) is 38.3 Å². The van der Waals surface area contributed by atoms with E-state index >= 15 is 0 Å². The van der Waals surface area contributed by atoms with Crippen molar-refractivity contribution in [3.05, 3.63) is 78.5 Å². The van der Waals surface area contributed by atoms with Gasteiger partial charge in [0, 0.05) is 35.9 Å². The number of ether oxygens (including phenoxy) is 1. The summed E-state index contributed by atoms with van der Waals surface area (Å²) in [7, 11) is -3.26. The second-order valence-electron chi connectivity index (χ2n) is 9.36. The van der Waals surface area contributed by atoms with Crippen LogP contribution in [0.15, 0.2) is 67.3 Å². The molecule has 4 rings (SSSR count). The monoisotopic (exact) mass is 508 g/mol. The zero-order valence-electron chi connectivity index (χ0n) is 21.1. The van der Waals surface area contributed by atoms with Crippen molar-refractivity contribution in [1.82, 2.24) is 14.6 Å². The van der Waals surface area contributed by atoms with Crippen LogP contribution in [-0.4, -0.2) is 56.8 Å². The van der Waals surface area contributed by atoms with E-state index in [1.165, 1.54) is 18.4 Å². The number of aryl methyl sites for hydroxylation is 1. The highest BCUT2D eigenvalue weighted by Crippen LogP contribution is 2.36. The Labute approximate surface area is 214 Å². The highest BCUT2D eigenvalue weighted by molar-refractivity contribution is 7.88. The van der Waals surface area contributed by atoms with E-state index in [2.05, 4.69) is 64.0 Å².